The number of rotatable bonds is 3. The van der Waals surface area contributed by atoms with Crippen LogP contribution in [0.2, 0.25) is 0 Å². The number of nitrogens with two attached hydrogens (primary N) is 1. The molecule has 2 aliphatic heterocycles. The first-order valence-electron chi connectivity index (χ1n) is 8.48. The second-order valence-electron chi connectivity index (χ2n) is 7.13. The smallest absolute Gasteiger partial charge is 0.242 e. The summed E-state index contributed by atoms with van der Waals surface area (Å²) in [7, 11) is 0. The monoisotopic (exact) mass is 351 g/mol. The summed E-state index contributed by atoms with van der Waals surface area (Å²) in [5.74, 6) is 0.908. The summed E-state index contributed by atoms with van der Waals surface area (Å²) in [6.07, 6.45) is 9.11. The number of carbonyl (C=O) groups is 1. The van der Waals surface area contributed by atoms with Crippen molar-refractivity contribution in [1.82, 2.24) is 9.80 Å². The first kappa shape index (κ1) is 20.0. The zero-order valence-electron chi connectivity index (χ0n) is 13.5. The van der Waals surface area contributed by atoms with Crippen molar-refractivity contribution in [1.29, 1.82) is 0 Å². The van der Waals surface area contributed by atoms with Gasteiger partial charge >= 0.3 is 0 Å². The number of hydrogen-bond acceptors (Lipinski definition) is 3. The van der Waals surface area contributed by atoms with Gasteiger partial charge in [-0.1, -0.05) is 19.3 Å². The van der Waals surface area contributed by atoms with E-state index < -0.39 is 5.54 Å². The maximum atomic E-state index is 12.7. The predicted octanol–water partition coefficient (Wildman–Crippen LogP) is 2.44. The van der Waals surface area contributed by atoms with Crippen LogP contribution >= 0.6 is 24.8 Å². The highest BCUT2D eigenvalue weighted by Crippen LogP contribution is 2.30. The Balaban J connectivity index is 0.00000121. The molecule has 0 aromatic rings. The molecule has 2 heterocycles. The SMILES string of the molecule is Cl.Cl.NC1(C(=O)N2CCC(CN3CCCC3)C2)CCCCC1. The lowest BCUT2D eigenvalue weighted by molar-refractivity contribution is -0.137. The number of likely N-dealkylation sites (tertiary alicyclic amines) is 2. The van der Waals surface area contributed by atoms with Gasteiger partial charge in [0.2, 0.25) is 5.91 Å². The van der Waals surface area contributed by atoms with Crippen LogP contribution in [-0.4, -0.2) is 54.0 Å². The van der Waals surface area contributed by atoms with Crippen LogP contribution in [0.5, 0.6) is 0 Å². The summed E-state index contributed by atoms with van der Waals surface area (Å²) in [6.45, 7) is 5.56. The van der Waals surface area contributed by atoms with Crippen LogP contribution in [0.1, 0.15) is 51.4 Å². The molecule has 3 fully saturated rings. The molecule has 1 aliphatic carbocycles. The summed E-state index contributed by atoms with van der Waals surface area (Å²) in [6, 6.07) is 0. The molecule has 0 aromatic carbocycles. The van der Waals surface area contributed by atoms with Gasteiger partial charge in [-0.25, -0.2) is 0 Å². The van der Waals surface area contributed by atoms with E-state index in [1.165, 1.54) is 45.3 Å². The van der Waals surface area contributed by atoms with Crippen LogP contribution in [0.4, 0.5) is 0 Å². The zero-order valence-corrected chi connectivity index (χ0v) is 15.1. The van der Waals surface area contributed by atoms with E-state index in [4.69, 9.17) is 5.73 Å². The number of amides is 1. The van der Waals surface area contributed by atoms with Crippen LogP contribution in [0.15, 0.2) is 0 Å². The van der Waals surface area contributed by atoms with Crippen LogP contribution in [-0.2, 0) is 4.79 Å². The van der Waals surface area contributed by atoms with E-state index in [1.54, 1.807) is 0 Å². The van der Waals surface area contributed by atoms with Crippen molar-refractivity contribution in [3.8, 4) is 0 Å². The fourth-order valence-electron chi connectivity index (χ4n) is 4.21. The van der Waals surface area contributed by atoms with Gasteiger partial charge in [-0.2, -0.15) is 0 Å². The largest absolute Gasteiger partial charge is 0.341 e. The van der Waals surface area contributed by atoms with E-state index in [9.17, 15) is 4.79 Å². The van der Waals surface area contributed by atoms with Crippen molar-refractivity contribution >= 4 is 30.7 Å². The molecule has 0 bridgehead atoms. The van der Waals surface area contributed by atoms with Crippen molar-refractivity contribution in [2.45, 2.75) is 56.9 Å². The van der Waals surface area contributed by atoms with Gasteiger partial charge in [-0.15, -0.1) is 24.8 Å². The first-order valence-corrected chi connectivity index (χ1v) is 8.48. The molecule has 3 rings (SSSR count). The molecule has 130 valence electrons. The third-order valence-corrected chi connectivity index (χ3v) is 5.46. The second-order valence-corrected chi connectivity index (χ2v) is 7.13. The highest BCUT2D eigenvalue weighted by Gasteiger charge is 2.40. The predicted molar refractivity (Wildman–Crippen MR) is 94.9 cm³/mol. The molecule has 2 saturated heterocycles. The van der Waals surface area contributed by atoms with E-state index in [0.29, 0.717) is 5.92 Å². The molecular formula is C16H31Cl2N3O. The van der Waals surface area contributed by atoms with Gasteiger partial charge < -0.3 is 15.5 Å². The average molecular weight is 352 g/mol. The van der Waals surface area contributed by atoms with E-state index in [2.05, 4.69) is 9.80 Å². The highest BCUT2D eigenvalue weighted by atomic mass is 35.5. The molecule has 2 N–H and O–H groups in total. The Morgan fingerprint density at radius 2 is 1.64 bits per heavy atom. The number of hydrogen-bond donors (Lipinski definition) is 1. The minimum atomic E-state index is -0.541. The maximum absolute atomic E-state index is 12.7. The Labute approximate surface area is 147 Å². The Kier molecular flexibility index (Phi) is 7.93. The van der Waals surface area contributed by atoms with Gasteiger partial charge in [0.25, 0.3) is 0 Å². The fraction of sp³-hybridized carbons (Fsp3) is 0.938. The van der Waals surface area contributed by atoms with Gasteiger partial charge in [0.15, 0.2) is 0 Å². The van der Waals surface area contributed by atoms with Gasteiger partial charge in [0.05, 0.1) is 5.54 Å². The lowest BCUT2D eigenvalue weighted by atomic mass is 9.81. The maximum Gasteiger partial charge on any atom is 0.242 e. The van der Waals surface area contributed by atoms with E-state index in [-0.39, 0.29) is 30.7 Å². The molecule has 1 unspecified atom stereocenters. The Hall–Kier alpha value is -0.0300. The molecule has 1 amide bonds. The number of nitrogens with zero attached hydrogens (tertiary/aromatic N) is 2. The fourth-order valence-corrected chi connectivity index (χ4v) is 4.21. The molecular weight excluding hydrogens is 321 g/mol. The third kappa shape index (κ3) is 4.50. The number of halogens is 2. The van der Waals surface area contributed by atoms with Gasteiger partial charge in [-0.05, 0) is 51.1 Å². The van der Waals surface area contributed by atoms with Crippen LogP contribution in [0.3, 0.4) is 0 Å². The normalized spacial score (nSPS) is 28.0. The lowest BCUT2D eigenvalue weighted by Crippen LogP contribution is -2.55. The summed E-state index contributed by atoms with van der Waals surface area (Å²) in [5.41, 5.74) is 5.85. The van der Waals surface area contributed by atoms with E-state index >= 15 is 0 Å². The van der Waals surface area contributed by atoms with Crippen molar-refractivity contribution in [2.24, 2.45) is 11.7 Å². The molecule has 4 nitrogen and oxygen atoms in total. The second kappa shape index (κ2) is 8.72. The van der Waals surface area contributed by atoms with Crippen molar-refractivity contribution in [3.05, 3.63) is 0 Å². The van der Waals surface area contributed by atoms with Crippen LogP contribution in [0.25, 0.3) is 0 Å². The summed E-state index contributed by atoms with van der Waals surface area (Å²) in [5, 5.41) is 0. The summed E-state index contributed by atoms with van der Waals surface area (Å²) >= 11 is 0. The van der Waals surface area contributed by atoms with E-state index in [1.807, 2.05) is 0 Å². The molecule has 22 heavy (non-hydrogen) atoms. The quantitative estimate of drug-likeness (QED) is 0.849. The zero-order chi connectivity index (χ0) is 14.0. The van der Waals surface area contributed by atoms with E-state index in [0.717, 1.165) is 38.8 Å². The Morgan fingerprint density at radius 3 is 2.27 bits per heavy atom. The van der Waals surface area contributed by atoms with Crippen LogP contribution < -0.4 is 5.73 Å². The van der Waals surface area contributed by atoms with Gasteiger partial charge in [-0.3, -0.25) is 4.79 Å². The molecule has 3 aliphatic rings. The topological polar surface area (TPSA) is 49.6 Å². The number of carbonyl (C=O) groups excluding carboxylic acids is 1. The van der Waals surface area contributed by atoms with Crippen LogP contribution in [0, 0.1) is 5.92 Å². The molecule has 0 aromatic heterocycles. The summed E-state index contributed by atoms with van der Waals surface area (Å²) < 4.78 is 0. The lowest BCUT2D eigenvalue weighted by Gasteiger charge is -2.35. The van der Waals surface area contributed by atoms with Crippen molar-refractivity contribution in [2.75, 3.05) is 32.7 Å². The minimum Gasteiger partial charge on any atom is -0.341 e. The first-order chi connectivity index (χ1) is 9.67. The molecule has 6 heteroatoms. The molecule has 0 spiro atoms. The summed E-state index contributed by atoms with van der Waals surface area (Å²) in [4.78, 5) is 17.3. The third-order valence-electron chi connectivity index (χ3n) is 5.46. The average Bonchev–Trinajstić information content (AvgIpc) is 3.11. The Bertz CT molecular complexity index is 355. The van der Waals surface area contributed by atoms with Gasteiger partial charge in [0.1, 0.15) is 0 Å². The molecule has 1 atom stereocenters. The van der Waals surface area contributed by atoms with Crippen molar-refractivity contribution in [3.63, 3.8) is 0 Å². The van der Waals surface area contributed by atoms with Gasteiger partial charge in [0, 0.05) is 19.6 Å². The Morgan fingerprint density at radius 1 is 1.00 bits per heavy atom. The van der Waals surface area contributed by atoms with Crippen molar-refractivity contribution < 1.29 is 4.79 Å². The minimum absolute atomic E-state index is 0. The molecule has 1 saturated carbocycles. The molecule has 0 radical (unpaired) electrons. The highest BCUT2D eigenvalue weighted by molar-refractivity contribution is 5.86. The standard InChI is InChI=1S/C16H29N3O.2ClH/c17-16(7-2-1-3-8-16)15(20)19-11-6-14(13-19)12-18-9-4-5-10-18;;/h14H,1-13,17H2;2*1H.